The van der Waals surface area contributed by atoms with Crippen molar-refractivity contribution in [3.05, 3.63) is 53.8 Å². The van der Waals surface area contributed by atoms with Gasteiger partial charge >= 0.3 is 11.8 Å². The number of hydrogen-bond donors (Lipinski definition) is 2. The van der Waals surface area contributed by atoms with Gasteiger partial charge in [-0.15, -0.1) is 0 Å². The average molecular weight is 396 g/mol. The van der Waals surface area contributed by atoms with Gasteiger partial charge < -0.3 is 20.9 Å². The van der Waals surface area contributed by atoms with Crippen LogP contribution in [0.2, 0.25) is 0 Å². The summed E-state index contributed by atoms with van der Waals surface area (Å²) in [4.78, 5) is 51.4. The van der Waals surface area contributed by atoms with E-state index in [2.05, 4.69) is 5.32 Å². The van der Waals surface area contributed by atoms with Crippen LogP contribution in [-0.2, 0) is 14.4 Å². The van der Waals surface area contributed by atoms with E-state index in [1.807, 2.05) is 0 Å². The molecule has 0 saturated carbocycles. The van der Waals surface area contributed by atoms with E-state index in [0.717, 1.165) is 4.90 Å². The van der Waals surface area contributed by atoms with E-state index < -0.39 is 35.5 Å². The topological polar surface area (TPSA) is 113 Å². The molecule has 4 rings (SSSR count). The van der Waals surface area contributed by atoms with E-state index >= 15 is 0 Å². The summed E-state index contributed by atoms with van der Waals surface area (Å²) in [5.74, 6) is -3.32. The number of nitrogens with two attached hydrogens (primary N) is 1. The molecule has 8 nitrogen and oxygen atoms in total. The lowest BCUT2D eigenvalue weighted by molar-refractivity contribution is -0.146. The van der Waals surface area contributed by atoms with Crippen molar-refractivity contribution in [2.45, 2.75) is 6.04 Å². The number of benzene rings is 2. The fourth-order valence-corrected chi connectivity index (χ4v) is 3.65. The summed E-state index contributed by atoms with van der Waals surface area (Å²) in [6, 6.07) is 9.96. The number of carbonyl (C=O) groups excluding carboxylic acids is 4. The normalized spacial score (nSPS) is 18.4. The molecule has 0 radical (unpaired) electrons. The molecule has 3 N–H and O–H groups in total. The number of fused-ring (bicyclic) bond motifs is 2. The molecule has 2 aromatic rings. The molecular weight excluding hydrogens is 379 g/mol. The van der Waals surface area contributed by atoms with E-state index in [0.29, 0.717) is 16.8 Å². The predicted octanol–water partition coefficient (Wildman–Crippen LogP) is 0.583. The second kappa shape index (κ2) is 7.01. The Bertz CT molecular complexity index is 1050. The van der Waals surface area contributed by atoms with Crippen LogP contribution in [0.3, 0.4) is 0 Å². The van der Waals surface area contributed by atoms with Gasteiger partial charge in [0.1, 0.15) is 11.9 Å². The van der Waals surface area contributed by atoms with E-state index in [9.17, 15) is 23.6 Å². The van der Waals surface area contributed by atoms with Crippen molar-refractivity contribution in [2.24, 2.45) is 5.73 Å². The van der Waals surface area contributed by atoms with Gasteiger partial charge in [0.05, 0.1) is 17.8 Å². The second-order valence-electron chi connectivity index (χ2n) is 6.86. The maximum atomic E-state index is 14.2. The predicted molar refractivity (Wildman–Crippen MR) is 101 cm³/mol. The first-order valence-electron chi connectivity index (χ1n) is 8.96. The third-order valence-electron chi connectivity index (χ3n) is 5.13. The zero-order chi connectivity index (χ0) is 20.7. The second-order valence-corrected chi connectivity index (χ2v) is 6.86. The van der Waals surface area contributed by atoms with Crippen molar-refractivity contribution in [2.75, 3.05) is 25.0 Å². The van der Waals surface area contributed by atoms with Crippen molar-refractivity contribution in [3.63, 3.8) is 0 Å². The van der Waals surface area contributed by atoms with Gasteiger partial charge in [-0.25, -0.2) is 4.39 Å². The SMILES string of the molecule is NC(=O)C(=O)N1CCN2C(=O)c3cc(-c4ccccc4F)ccc3NC(=O)[C@H]2C1. The van der Waals surface area contributed by atoms with E-state index in [-0.39, 0.29) is 25.2 Å². The third-order valence-corrected chi connectivity index (χ3v) is 5.13. The molecule has 148 valence electrons. The van der Waals surface area contributed by atoms with Gasteiger partial charge in [-0.3, -0.25) is 19.2 Å². The minimum Gasteiger partial charge on any atom is -0.361 e. The molecule has 2 aliphatic rings. The van der Waals surface area contributed by atoms with Crippen molar-refractivity contribution in [1.29, 1.82) is 0 Å². The van der Waals surface area contributed by atoms with Crippen LogP contribution >= 0.6 is 0 Å². The van der Waals surface area contributed by atoms with Crippen molar-refractivity contribution in [1.82, 2.24) is 9.80 Å². The lowest BCUT2D eigenvalue weighted by atomic mass is 10.0. The number of primary amides is 1. The number of piperazine rings is 1. The fraction of sp³-hybridized carbons (Fsp3) is 0.200. The zero-order valence-corrected chi connectivity index (χ0v) is 15.2. The summed E-state index contributed by atoms with van der Waals surface area (Å²) in [6.07, 6.45) is 0. The highest BCUT2D eigenvalue weighted by Crippen LogP contribution is 2.31. The molecule has 0 aromatic heterocycles. The summed E-state index contributed by atoms with van der Waals surface area (Å²) >= 11 is 0. The number of amides is 4. The molecule has 0 aliphatic carbocycles. The van der Waals surface area contributed by atoms with Crippen LogP contribution in [0.5, 0.6) is 0 Å². The first kappa shape index (κ1) is 18.6. The summed E-state index contributed by atoms with van der Waals surface area (Å²) in [6.45, 7) is 0.0203. The van der Waals surface area contributed by atoms with Crippen LogP contribution in [0.1, 0.15) is 10.4 Å². The van der Waals surface area contributed by atoms with Gasteiger partial charge in [0, 0.05) is 18.7 Å². The molecule has 1 saturated heterocycles. The molecule has 2 aromatic carbocycles. The Hall–Kier alpha value is -3.75. The molecule has 1 atom stereocenters. The standard InChI is InChI=1S/C20H17FN4O4/c21-14-4-2-1-3-12(14)11-5-6-15-13(9-11)19(28)25-8-7-24(20(29)17(22)26)10-16(25)18(27)23-15/h1-6,9,16H,7-8,10H2,(H2,22,26)(H,23,27)/t16-/m1/s1. The van der Waals surface area contributed by atoms with Crippen LogP contribution in [0.15, 0.2) is 42.5 Å². The molecule has 29 heavy (non-hydrogen) atoms. The van der Waals surface area contributed by atoms with Crippen molar-refractivity contribution >= 4 is 29.3 Å². The first-order valence-corrected chi connectivity index (χ1v) is 8.96. The number of rotatable bonds is 1. The highest BCUT2D eigenvalue weighted by molar-refractivity contribution is 6.34. The van der Waals surface area contributed by atoms with Crippen LogP contribution < -0.4 is 11.1 Å². The van der Waals surface area contributed by atoms with Crippen molar-refractivity contribution in [3.8, 4) is 11.1 Å². The Labute approximate surface area is 165 Å². The minimum atomic E-state index is -1.11. The highest BCUT2D eigenvalue weighted by Gasteiger charge is 2.41. The molecule has 0 spiro atoms. The lowest BCUT2D eigenvalue weighted by Gasteiger charge is -2.38. The van der Waals surface area contributed by atoms with Crippen molar-refractivity contribution < 1.29 is 23.6 Å². The summed E-state index contributed by atoms with van der Waals surface area (Å²) in [5.41, 5.74) is 6.42. The summed E-state index contributed by atoms with van der Waals surface area (Å²) in [5, 5.41) is 2.68. The average Bonchev–Trinajstić information content (AvgIpc) is 2.82. The Morgan fingerprint density at radius 2 is 1.83 bits per heavy atom. The molecular formula is C20H17FN4O4. The third kappa shape index (κ3) is 3.20. The molecule has 2 heterocycles. The smallest absolute Gasteiger partial charge is 0.311 e. The maximum Gasteiger partial charge on any atom is 0.311 e. The minimum absolute atomic E-state index is 0.0688. The summed E-state index contributed by atoms with van der Waals surface area (Å²) in [7, 11) is 0. The number of nitrogens with one attached hydrogen (secondary N) is 1. The van der Waals surface area contributed by atoms with E-state index in [4.69, 9.17) is 5.73 Å². The van der Waals surface area contributed by atoms with Gasteiger partial charge in [-0.2, -0.15) is 0 Å². The number of nitrogens with zero attached hydrogens (tertiary/aromatic N) is 2. The Morgan fingerprint density at radius 3 is 2.55 bits per heavy atom. The fourth-order valence-electron chi connectivity index (χ4n) is 3.65. The van der Waals surface area contributed by atoms with Crippen LogP contribution in [0.25, 0.3) is 11.1 Å². The van der Waals surface area contributed by atoms with Crippen LogP contribution in [-0.4, -0.2) is 59.1 Å². The molecule has 9 heteroatoms. The Balaban J connectivity index is 1.69. The quantitative estimate of drug-likeness (QED) is 0.687. The Kier molecular flexibility index (Phi) is 4.50. The number of carbonyl (C=O) groups is 4. The summed E-state index contributed by atoms with van der Waals surface area (Å²) < 4.78 is 14.2. The largest absolute Gasteiger partial charge is 0.361 e. The van der Waals surface area contributed by atoms with Crippen LogP contribution in [0.4, 0.5) is 10.1 Å². The molecule has 4 amide bonds. The van der Waals surface area contributed by atoms with E-state index in [1.165, 1.54) is 11.0 Å². The molecule has 0 unspecified atom stereocenters. The maximum absolute atomic E-state index is 14.2. The van der Waals surface area contributed by atoms with Gasteiger partial charge in [-0.05, 0) is 23.8 Å². The highest BCUT2D eigenvalue weighted by atomic mass is 19.1. The molecule has 1 fully saturated rings. The molecule has 2 aliphatic heterocycles. The lowest BCUT2D eigenvalue weighted by Crippen LogP contribution is -2.60. The number of hydrogen-bond acceptors (Lipinski definition) is 4. The van der Waals surface area contributed by atoms with Crippen LogP contribution in [0, 0.1) is 5.82 Å². The molecule has 0 bridgehead atoms. The monoisotopic (exact) mass is 396 g/mol. The number of halogens is 1. The van der Waals surface area contributed by atoms with Gasteiger partial charge in [-0.1, -0.05) is 24.3 Å². The van der Waals surface area contributed by atoms with Gasteiger partial charge in [0.25, 0.3) is 5.91 Å². The van der Waals surface area contributed by atoms with E-state index in [1.54, 1.807) is 36.4 Å². The first-order chi connectivity index (χ1) is 13.9. The Morgan fingerprint density at radius 1 is 1.07 bits per heavy atom. The van der Waals surface area contributed by atoms with Gasteiger partial charge in [0.15, 0.2) is 0 Å². The zero-order valence-electron chi connectivity index (χ0n) is 15.2. The number of anilines is 1. The van der Waals surface area contributed by atoms with Gasteiger partial charge in [0.2, 0.25) is 5.91 Å².